The first-order chi connectivity index (χ1) is 6.81. The van der Waals surface area contributed by atoms with E-state index in [1.807, 2.05) is 0 Å². The normalized spacial score (nSPS) is 23.7. The van der Waals surface area contributed by atoms with Gasteiger partial charge in [-0.1, -0.05) is 6.08 Å². The Morgan fingerprint density at radius 2 is 2.57 bits per heavy atom. The zero-order valence-electron chi connectivity index (χ0n) is 7.30. The summed E-state index contributed by atoms with van der Waals surface area (Å²) in [6.07, 6.45) is 3.18. The second-order valence-electron chi connectivity index (χ2n) is 2.66. The Balaban J connectivity index is 2.14. The number of aliphatic imine (C=N–C) groups is 1. The first kappa shape index (κ1) is 9.14. The van der Waals surface area contributed by atoms with Crippen LogP contribution in [0, 0.1) is 0 Å². The van der Waals surface area contributed by atoms with Crippen LogP contribution in [-0.2, 0) is 4.79 Å². The molecule has 5 nitrogen and oxygen atoms in total. The van der Waals surface area contributed by atoms with Crippen LogP contribution >= 0.6 is 11.8 Å². The molecule has 0 fully saturated rings. The summed E-state index contributed by atoms with van der Waals surface area (Å²) in [5.41, 5.74) is 0.171. The average molecular weight is 208 g/mol. The molecule has 1 atom stereocenters. The molecule has 2 rings (SSSR count). The van der Waals surface area contributed by atoms with Crippen LogP contribution < -0.4 is 5.32 Å². The van der Waals surface area contributed by atoms with Crippen LogP contribution in [0.3, 0.4) is 0 Å². The lowest BCUT2D eigenvalue weighted by molar-refractivity contribution is -0.117. The summed E-state index contributed by atoms with van der Waals surface area (Å²) in [7, 11) is 0. The van der Waals surface area contributed by atoms with E-state index < -0.39 is 0 Å². The van der Waals surface area contributed by atoms with Crippen LogP contribution in [0.15, 0.2) is 39.6 Å². The third kappa shape index (κ3) is 1.60. The van der Waals surface area contributed by atoms with Crippen LogP contribution in [0.1, 0.15) is 0 Å². The predicted octanol–water partition coefficient (Wildman–Crippen LogP) is 1.07. The Morgan fingerprint density at radius 1 is 1.71 bits per heavy atom. The van der Waals surface area contributed by atoms with Gasteiger partial charge in [0.25, 0.3) is 5.91 Å². The van der Waals surface area contributed by atoms with Crippen molar-refractivity contribution >= 4 is 23.5 Å². The van der Waals surface area contributed by atoms with Crippen LogP contribution in [0.25, 0.3) is 0 Å². The maximum absolute atomic E-state index is 11.4. The van der Waals surface area contributed by atoms with E-state index >= 15 is 0 Å². The summed E-state index contributed by atoms with van der Waals surface area (Å²) < 4.78 is 0. The topological polar surface area (TPSA) is 66.2 Å². The Bertz CT molecular complexity index is 372. The lowest BCUT2D eigenvalue weighted by Gasteiger charge is -2.18. The summed E-state index contributed by atoms with van der Waals surface area (Å²) in [5.74, 6) is 0.995. The molecular formula is C8H8N4OS. The minimum atomic E-state index is -0.273. The molecule has 2 heterocycles. The minimum Gasteiger partial charge on any atom is -0.321 e. The average Bonchev–Trinajstić information content (AvgIpc) is 2.63. The van der Waals surface area contributed by atoms with Gasteiger partial charge in [-0.15, -0.1) is 23.5 Å². The molecule has 14 heavy (non-hydrogen) atoms. The quantitative estimate of drug-likeness (QED) is 0.705. The van der Waals surface area contributed by atoms with E-state index in [9.17, 15) is 4.79 Å². The molecule has 1 N–H and O–H groups in total. The third-order valence-corrected chi connectivity index (χ3v) is 2.66. The van der Waals surface area contributed by atoms with Crippen molar-refractivity contribution < 1.29 is 4.79 Å². The molecule has 0 spiro atoms. The molecule has 0 bridgehead atoms. The van der Waals surface area contributed by atoms with Crippen molar-refractivity contribution in [3.8, 4) is 0 Å². The van der Waals surface area contributed by atoms with Crippen molar-refractivity contribution in [2.75, 3.05) is 5.75 Å². The van der Waals surface area contributed by atoms with Crippen molar-refractivity contribution in [3.63, 3.8) is 0 Å². The largest absolute Gasteiger partial charge is 0.321 e. The van der Waals surface area contributed by atoms with Crippen LogP contribution in [0.5, 0.6) is 0 Å². The van der Waals surface area contributed by atoms with Gasteiger partial charge in [0.05, 0.1) is 6.20 Å². The van der Waals surface area contributed by atoms with Crippen molar-refractivity contribution in [2.24, 2.45) is 15.2 Å². The number of nitrogens with zero attached hydrogens (tertiary/aromatic N) is 3. The van der Waals surface area contributed by atoms with Crippen LogP contribution in [0.2, 0.25) is 0 Å². The van der Waals surface area contributed by atoms with Crippen molar-refractivity contribution in [1.29, 1.82) is 0 Å². The van der Waals surface area contributed by atoms with E-state index in [1.165, 1.54) is 18.0 Å². The highest BCUT2D eigenvalue weighted by molar-refractivity contribution is 8.00. The summed E-state index contributed by atoms with van der Waals surface area (Å²) in [5, 5.41) is 10.1. The van der Waals surface area contributed by atoms with Gasteiger partial charge < -0.3 is 5.32 Å². The number of carbonyl (C=O) groups excluding carboxylic acids is 1. The number of hydrogen-bond acceptors (Lipinski definition) is 5. The number of amidine groups is 1. The van der Waals surface area contributed by atoms with Gasteiger partial charge in [0.1, 0.15) is 5.57 Å². The Labute approximate surface area is 85.1 Å². The SMILES string of the molecule is C=CCSC1N=C2N=NC=C2C(=O)N1. The Hall–Kier alpha value is -1.43. The fraction of sp³-hybridized carbons (Fsp3) is 0.250. The molecule has 0 saturated carbocycles. The van der Waals surface area contributed by atoms with Gasteiger partial charge in [-0.25, -0.2) is 4.99 Å². The van der Waals surface area contributed by atoms with Crippen molar-refractivity contribution in [3.05, 3.63) is 24.4 Å². The molecule has 1 unspecified atom stereocenters. The molecule has 6 heteroatoms. The predicted molar refractivity (Wildman–Crippen MR) is 55.0 cm³/mol. The molecule has 0 aliphatic carbocycles. The van der Waals surface area contributed by atoms with Gasteiger partial charge in [0.2, 0.25) is 0 Å². The summed E-state index contributed by atoms with van der Waals surface area (Å²) in [6.45, 7) is 3.60. The van der Waals surface area contributed by atoms with Gasteiger partial charge in [-0.2, -0.15) is 5.11 Å². The highest BCUT2D eigenvalue weighted by Gasteiger charge is 2.27. The zero-order valence-corrected chi connectivity index (χ0v) is 8.12. The fourth-order valence-corrected chi connectivity index (χ4v) is 1.76. The monoisotopic (exact) mass is 208 g/mol. The third-order valence-electron chi connectivity index (χ3n) is 1.69. The summed E-state index contributed by atoms with van der Waals surface area (Å²) >= 11 is 1.48. The molecule has 72 valence electrons. The maximum Gasteiger partial charge on any atom is 0.259 e. The van der Waals surface area contributed by atoms with Crippen LogP contribution in [0.4, 0.5) is 0 Å². The Kier molecular flexibility index (Phi) is 2.45. The smallest absolute Gasteiger partial charge is 0.259 e. The second-order valence-corrected chi connectivity index (χ2v) is 3.77. The molecule has 1 amide bonds. The number of amides is 1. The Morgan fingerprint density at radius 3 is 3.36 bits per heavy atom. The summed E-state index contributed by atoms with van der Waals surface area (Å²) in [6, 6.07) is 0. The van der Waals surface area contributed by atoms with Gasteiger partial charge in [0, 0.05) is 5.75 Å². The number of azo groups is 1. The van der Waals surface area contributed by atoms with E-state index in [2.05, 4.69) is 27.1 Å². The molecule has 0 aromatic heterocycles. The summed E-state index contributed by atoms with van der Waals surface area (Å²) in [4.78, 5) is 15.6. The zero-order chi connectivity index (χ0) is 9.97. The lowest BCUT2D eigenvalue weighted by atomic mass is 10.2. The maximum atomic E-state index is 11.4. The molecule has 0 aromatic rings. The van der Waals surface area contributed by atoms with E-state index in [0.29, 0.717) is 11.4 Å². The minimum absolute atomic E-state index is 0.165. The number of rotatable bonds is 3. The van der Waals surface area contributed by atoms with E-state index in [4.69, 9.17) is 0 Å². The molecule has 0 aromatic carbocycles. The van der Waals surface area contributed by atoms with Gasteiger partial charge in [0.15, 0.2) is 11.3 Å². The fourth-order valence-electron chi connectivity index (χ4n) is 1.08. The highest BCUT2D eigenvalue weighted by Crippen LogP contribution is 2.20. The number of thioether (sulfide) groups is 1. The van der Waals surface area contributed by atoms with Gasteiger partial charge >= 0.3 is 0 Å². The van der Waals surface area contributed by atoms with Crippen molar-refractivity contribution in [1.82, 2.24) is 5.32 Å². The molecule has 0 radical (unpaired) electrons. The first-order valence-corrected chi connectivity index (χ1v) is 5.08. The van der Waals surface area contributed by atoms with E-state index in [1.54, 1.807) is 6.08 Å². The van der Waals surface area contributed by atoms with E-state index in [-0.39, 0.29) is 11.4 Å². The first-order valence-electron chi connectivity index (χ1n) is 4.04. The number of fused-ring (bicyclic) bond motifs is 1. The molecule has 2 aliphatic heterocycles. The standard InChI is InChI=1S/C8H8N4OS/c1-2-3-14-8-10-6-5(4-9-12-6)7(13)11-8/h2,4,8H,1,3H2,(H,11,13). The van der Waals surface area contributed by atoms with Crippen molar-refractivity contribution in [2.45, 2.75) is 5.50 Å². The molecule has 2 aliphatic rings. The van der Waals surface area contributed by atoms with Gasteiger partial charge in [-0.3, -0.25) is 4.79 Å². The molecular weight excluding hydrogens is 200 g/mol. The van der Waals surface area contributed by atoms with Crippen LogP contribution in [-0.4, -0.2) is 23.0 Å². The van der Waals surface area contributed by atoms with Gasteiger partial charge in [-0.05, 0) is 0 Å². The lowest BCUT2D eigenvalue weighted by Crippen LogP contribution is -2.38. The molecule has 0 saturated heterocycles. The number of carbonyl (C=O) groups is 1. The number of nitrogens with one attached hydrogen (secondary N) is 1. The highest BCUT2D eigenvalue weighted by atomic mass is 32.2. The number of hydrogen-bond donors (Lipinski definition) is 1. The second kappa shape index (κ2) is 3.75. The van der Waals surface area contributed by atoms with E-state index in [0.717, 1.165) is 5.75 Å².